The number of halogens is 3. The Morgan fingerprint density at radius 2 is 2.06 bits per heavy atom. The molecule has 16 heavy (non-hydrogen) atoms. The van der Waals surface area contributed by atoms with Crippen LogP contribution in [-0.4, -0.2) is 26.1 Å². The summed E-state index contributed by atoms with van der Waals surface area (Å²) in [6.07, 6.45) is -3.50. The standard InChI is InChI=1S/C7H10F3N3O2S/c8-7(9,10)4-13-16(14,15)6-1-5(2-11)12-3-6/h1,3,12-13H,2,4,11H2. The number of H-pyrrole nitrogens is 1. The van der Waals surface area contributed by atoms with Crippen molar-refractivity contribution in [1.29, 1.82) is 0 Å². The second kappa shape index (κ2) is 4.44. The van der Waals surface area contributed by atoms with Gasteiger partial charge in [-0.1, -0.05) is 0 Å². The molecule has 0 amide bonds. The van der Waals surface area contributed by atoms with Gasteiger partial charge in [-0.2, -0.15) is 13.2 Å². The number of nitrogens with two attached hydrogens (primary N) is 1. The summed E-state index contributed by atoms with van der Waals surface area (Å²) < 4.78 is 59.6. The molecule has 0 aromatic carbocycles. The molecule has 4 N–H and O–H groups in total. The fourth-order valence-electron chi connectivity index (χ4n) is 0.952. The third-order valence-corrected chi connectivity index (χ3v) is 3.09. The lowest BCUT2D eigenvalue weighted by molar-refractivity contribution is -0.121. The van der Waals surface area contributed by atoms with E-state index in [2.05, 4.69) is 4.98 Å². The van der Waals surface area contributed by atoms with Crippen molar-refractivity contribution in [3.63, 3.8) is 0 Å². The molecule has 92 valence electrons. The topological polar surface area (TPSA) is 88.0 Å². The minimum Gasteiger partial charge on any atom is -0.363 e. The molecule has 1 aromatic rings. The molecule has 0 bridgehead atoms. The minimum absolute atomic E-state index is 0.0782. The largest absolute Gasteiger partial charge is 0.402 e. The average Bonchev–Trinajstić information content (AvgIpc) is 2.62. The van der Waals surface area contributed by atoms with Gasteiger partial charge in [0.1, 0.15) is 6.54 Å². The van der Waals surface area contributed by atoms with Gasteiger partial charge >= 0.3 is 6.18 Å². The molecule has 0 spiro atoms. The van der Waals surface area contributed by atoms with Gasteiger partial charge in [0.15, 0.2) is 0 Å². The summed E-state index contributed by atoms with van der Waals surface area (Å²) in [6, 6.07) is 1.18. The lowest BCUT2D eigenvalue weighted by Crippen LogP contribution is -2.33. The molecule has 5 nitrogen and oxygen atoms in total. The van der Waals surface area contributed by atoms with Gasteiger partial charge in [0, 0.05) is 18.4 Å². The molecule has 1 heterocycles. The van der Waals surface area contributed by atoms with Crippen molar-refractivity contribution in [2.45, 2.75) is 17.6 Å². The molecular weight excluding hydrogens is 247 g/mol. The number of hydrogen-bond acceptors (Lipinski definition) is 3. The molecule has 0 saturated carbocycles. The Morgan fingerprint density at radius 1 is 1.44 bits per heavy atom. The quantitative estimate of drug-likeness (QED) is 0.725. The highest BCUT2D eigenvalue weighted by molar-refractivity contribution is 7.89. The number of rotatable bonds is 4. The maximum Gasteiger partial charge on any atom is 0.402 e. The molecule has 0 aliphatic carbocycles. The van der Waals surface area contributed by atoms with Crippen molar-refractivity contribution < 1.29 is 21.6 Å². The van der Waals surface area contributed by atoms with E-state index in [0.29, 0.717) is 5.69 Å². The van der Waals surface area contributed by atoms with Crippen molar-refractivity contribution in [3.05, 3.63) is 18.0 Å². The summed E-state index contributed by atoms with van der Waals surface area (Å²) in [5.41, 5.74) is 5.65. The van der Waals surface area contributed by atoms with E-state index in [1.807, 2.05) is 0 Å². The van der Waals surface area contributed by atoms with E-state index in [0.717, 1.165) is 6.20 Å². The van der Waals surface area contributed by atoms with E-state index >= 15 is 0 Å². The van der Waals surface area contributed by atoms with Crippen molar-refractivity contribution in [2.75, 3.05) is 6.54 Å². The molecule has 1 rings (SSSR count). The molecule has 0 aliphatic rings. The normalized spacial score (nSPS) is 13.0. The van der Waals surface area contributed by atoms with Crippen molar-refractivity contribution >= 4 is 10.0 Å². The van der Waals surface area contributed by atoms with Gasteiger partial charge in [0.05, 0.1) is 4.90 Å². The second-order valence-electron chi connectivity index (χ2n) is 3.00. The van der Waals surface area contributed by atoms with E-state index < -0.39 is 22.7 Å². The Hall–Kier alpha value is -1.06. The van der Waals surface area contributed by atoms with Crippen LogP contribution in [0.4, 0.5) is 13.2 Å². The van der Waals surface area contributed by atoms with Crippen molar-refractivity contribution in [1.82, 2.24) is 9.71 Å². The fourth-order valence-corrected chi connectivity index (χ4v) is 1.98. The molecule has 1 aromatic heterocycles. The predicted octanol–water partition coefficient (Wildman–Crippen LogP) is 0.314. The van der Waals surface area contributed by atoms with Crippen LogP contribution in [0, 0.1) is 0 Å². The SMILES string of the molecule is NCc1cc(S(=O)(=O)NCC(F)(F)F)c[nH]1. The van der Waals surface area contributed by atoms with Crippen molar-refractivity contribution in [2.24, 2.45) is 5.73 Å². The van der Waals surface area contributed by atoms with Crippen LogP contribution in [0.5, 0.6) is 0 Å². The minimum atomic E-state index is -4.58. The molecule has 0 radical (unpaired) electrons. The van der Waals surface area contributed by atoms with Gasteiger partial charge in [-0.25, -0.2) is 13.1 Å². The number of aromatic amines is 1. The third kappa shape index (κ3) is 3.51. The Labute approximate surface area is 89.9 Å². The van der Waals surface area contributed by atoms with Crippen LogP contribution < -0.4 is 10.5 Å². The summed E-state index contributed by atoms with van der Waals surface area (Å²) in [7, 11) is -4.14. The molecular formula is C7H10F3N3O2S. The van der Waals surface area contributed by atoms with Crippen LogP contribution >= 0.6 is 0 Å². The molecule has 0 aliphatic heterocycles. The van der Waals surface area contributed by atoms with Crippen LogP contribution in [0.25, 0.3) is 0 Å². The Morgan fingerprint density at radius 3 is 2.50 bits per heavy atom. The molecule has 9 heteroatoms. The van der Waals surface area contributed by atoms with Crippen LogP contribution in [0.15, 0.2) is 17.2 Å². The average molecular weight is 257 g/mol. The Bertz CT molecular complexity index is 452. The summed E-state index contributed by atoms with van der Waals surface area (Å²) in [6.45, 7) is -1.52. The van der Waals surface area contributed by atoms with Crippen LogP contribution in [0.2, 0.25) is 0 Å². The van der Waals surface area contributed by atoms with Crippen LogP contribution in [0.3, 0.4) is 0 Å². The first-order valence-electron chi connectivity index (χ1n) is 4.18. The van der Waals surface area contributed by atoms with E-state index in [4.69, 9.17) is 5.73 Å². The van der Waals surface area contributed by atoms with Gasteiger partial charge in [0.25, 0.3) is 0 Å². The summed E-state index contributed by atoms with van der Waals surface area (Å²) in [4.78, 5) is 2.27. The number of sulfonamides is 1. The first-order valence-corrected chi connectivity index (χ1v) is 5.67. The van der Waals surface area contributed by atoms with Gasteiger partial charge in [0.2, 0.25) is 10.0 Å². The number of aromatic nitrogens is 1. The molecule has 0 atom stereocenters. The van der Waals surface area contributed by atoms with Gasteiger partial charge < -0.3 is 10.7 Å². The smallest absolute Gasteiger partial charge is 0.363 e. The van der Waals surface area contributed by atoms with Crippen LogP contribution in [0.1, 0.15) is 5.69 Å². The van der Waals surface area contributed by atoms with Gasteiger partial charge in [-0.15, -0.1) is 0 Å². The number of hydrogen-bond donors (Lipinski definition) is 3. The predicted molar refractivity (Wildman–Crippen MR) is 49.9 cm³/mol. The van der Waals surface area contributed by atoms with Crippen molar-refractivity contribution in [3.8, 4) is 0 Å². The monoisotopic (exact) mass is 257 g/mol. The van der Waals surface area contributed by atoms with E-state index in [1.165, 1.54) is 10.8 Å². The zero-order valence-corrected chi connectivity index (χ0v) is 8.82. The maximum absolute atomic E-state index is 11.8. The second-order valence-corrected chi connectivity index (χ2v) is 4.77. The molecule has 0 saturated heterocycles. The number of nitrogens with one attached hydrogen (secondary N) is 2. The summed E-state index contributed by atoms with van der Waals surface area (Å²) in [5, 5.41) is 0. The van der Waals surface area contributed by atoms with Gasteiger partial charge in [-0.05, 0) is 6.07 Å². The lowest BCUT2D eigenvalue weighted by atomic mass is 10.4. The first kappa shape index (κ1) is 13.0. The summed E-state index contributed by atoms with van der Waals surface area (Å²) >= 11 is 0. The molecule has 0 fully saturated rings. The number of alkyl halides is 3. The van der Waals surface area contributed by atoms with E-state index in [-0.39, 0.29) is 11.4 Å². The molecule has 0 unspecified atom stereocenters. The first-order chi connectivity index (χ1) is 7.24. The van der Waals surface area contributed by atoms with Gasteiger partial charge in [-0.3, -0.25) is 0 Å². The maximum atomic E-state index is 11.8. The highest BCUT2D eigenvalue weighted by atomic mass is 32.2. The highest BCUT2D eigenvalue weighted by Crippen LogP contribution is 2.15. The Balaban J connectivity index is 2.78. The zero-order valence-electron chi connectivity index (χ0n) is 8.00. The summed E-state index contributed by atoms with van der Waals surface area (Å²) in [5.74, 6) is 0. The zero-order chi connectivity index (χ0) is 12.4. The lowest BCUT2D eigenvalue weighted by Gasteiger charge is -2.07. The van der Waals surface area contributed by atoms with E-state index in [9.17, 15) is 21.6 Å². The van der Waals surface area contributed by atoms with Crippen LogP contribution in [-0.2, 0) is 16.6 Å². The fraction of sp³-hybridized carbons (Fsp3) is 0.429. The third-order valence-electron chi connectivity index (χ3n) is 1.71. The van der Waals surface area contributed by atoms with E-state index in [1.54, 1.807) is 0 Å². The Kier molecular flexibility index (Phi) is 3.61. The highest BCUT2D eigenvalue weighted by Gasteiger charge is 2.30.